The quantitative estimate of drug-likeness (QED) is 0.482. The molecule has 1 rings (SSSR count). The summed E-state index contributed by atoms with van der Waals surface area (Å²) in [5.74, 6) is -0.0287. The molecule has 64 valence electrons. The molecule has 0 aromatic heterocycles. The van der Waals surface area contributed by atoms with E-state index < -0.39 is 0 Å². The second-order valence-corrected chi connectivity index (χ2v) is 2.88. The van der Waals surface area contributed by atoms with E-state index in [0.29, 0.717) is 12.5 Å². The summed E-state index contributed by atoms with van der Waals surface area (Å²) in [6.07, 6.45) is 0.700. The summed E-state index contributed by atoms with van der Waals surface area (Å²) in [5.41, 5.74) is 5.51. The van der Waals surface area contributed by atoms with Gasteiger partial charge in [-0.1, -0.05) is 6.92 Å². The van der Waals surface area contributed by atoms with Crippen LogP contribution >= 0.6 is 0 Å². The SMILES string of the molecule is CC[C@H](N)C(=O)NC1CNC1. The lowest BCUT2D eigenvalue weighted by Gasteiger charge is -2.28. The summed E-state index contributed by atoms with van der Waals surface area (Å²) >= 11 is 0. The van der Waals surface area contributed by atoms with Gasteiger partial charge < -0.3 is 16.4 Å². The molecule has 1 amide bonds. The Morgan fingerprint density at radius 3 is 2.82 bits per heavy atom. The van der Waals surface area contributed by atoms with E-state index in [9.17, 15) is 4.79 Å². The number of nitrogens with one attached hydrogen (secondary N) is 2. The molecule has 1 aliphatic rings. The zero-order valence-electron chi connectivity index (χ0n) is 6.76. The molecule has 1 fully saturated rings. The highest BCUT2D eigenvalue weighted by Crippen LogP contribution is 1.92. The minimum atomic E-state index is -0.337. The molecule has 0 aromatic carbocycles. The molecule has 1 atom stereocenters. The molecule has 4 heteroatoms. The van der Waals surface area contributed by atoms with E-state index in [0.717, 1.165) is 13.1 Å². The maximum atomic E-state index is 11.1. The Hall–Kier alpha value is -0.610. The molecule has 11 heavy (non-hydrogen) atoms. The lowest BCUT2D eigenvalue weighted by Crippen LogP contribution is -2.59. The van der Waals surface area contributed by atoms with Crippen molar-refractivity contribution < 1.29 is 4.79 Å². The van der Waals surface area contributed by atoms with Gasteiger partial charge in [-0.15, -0.1) is 0 Å². The van der Waals surface area contributed by atoms with Crippen LogP contribution in [0.25, 0.3) is 0 Å². The normalized spacial score (nSPS) is 20.5. The smallest absolute Gasteiger partial charge is 0.237 e. The summed E-state index contributed by atoms with van der Waals surface area (Å²) in [4.78, 5) is 11.1. The number of carbonyl (C=O) groups excluding carboxylic acids is 1. The van der Waals surface area contributed by atoms with Crippen molar-refractivity contribution in [1.82, 2.24) is 10.6 Å². The molecule has 0 unspecified atom stereocenters. The van der Waals surface area contributed by atoms with Gasteiger partial charge in [-0.3, -0.25) is 4.79 Å². The van der Waals surface area contributed by atoms with Crippen LogP contribution in [0.1, 0.15) is 13.3 Å². The average Bonchev–Trinajstić information content (AvgIpc) is 1.94. The van der Waals surface area contributed by atoms with Crippen LogP contribution in [-0.4, -0.2) is 31.1 Å². The van der Waals surface area contributed by atoms with E-state index in [1.807, 2.05) is 6.92 Å². The third-order valence-electron chi connectivity index (χ3n) is 1.90. The molecule has 0 saturated carbocycles. The molecule has 0 spiro atoms. The molecule has 1 heterocycles. The number of rotatable bonds is 3. The summed E-state index contributed by atoms with van der Waals surface area (Å²) in [5, 5.41) is 5.91. The second-order valence-electron chi connectivity index (χ2n) is 2.88. The summed E-state index contributed by atoms with van der Waals surface area (Å²) in [7, 11) is 0. The first-order valence-corrected chi connectivity index (χ1v) is 4.00. The predicted molar refractivity (Wildman–Crippen MR) is 43.1 cm³/mol. The Kier molecular flexibility index (Phi) is 2.84. The topological polar surface area (TPSA) is 67.2 Å². The Morgan fingerprint density at radius 2 is 2.45 bits per heavy atom. The van der Waals surface area contributed by atoms with Crippen molar-refractivity contribution in [2.45, 2.75) is 25.4 Å². The third kappa shape index (κ3) is 2.17. The van der Waals surface area contributed by atoms with Crippen molar-refractivity contribution in [3.8, 4) is 0 Å². The molecular formula is C7H15N3O. The van der Waals surface area contributed by atoms with Crippen LogP contribution in [0, 0.1) is 0 Å². The van der Waals surface area contributed by atoms with Gasteiger partial charge in [0.1, 0.15) is 0 Å². The van der Waals surface area contributed by atoms with E-state index in [1.165, 1.54) is 0 Å². The second kappa shape index (κ2) is 3.69. The Balaban J connectivity index is 2.19. The summed E-state index contributed by atoms with van der Waals surface area (Å²) < 4.78 is 0. The lowest BCUT2D eigenvalue weighted by molar-refractivity contribution is -0.123. The molecule has 1 saturated heterocycles. The van der Waals surface area contributed by atoms with Crippen LogP contribution in [0.3, 0.4) is 0 Å². The first kappa shape index (κ1) is 8.49. The first-order chi connectivity index (χ1) is 5.24. The zero-order chi connectivity index (χ0) is 8.27. The Bertz CT molecular complexity index is 145. The van der Waals surface area contributed by atoms with E-state index in [4.69, 9.17) is 5.73 Å². The van der Waals surface area contributed by atoms with E-state index in [2.05, 4.69) is 10.6 Å². The maximum absolute atomic E-state index is 11.1. The zero-order valence-corrected chi connectivity index (χ0v) is 6.76. The van der Waals surface area contributed by atoms with Gasteiger partial charge in [-0.2, -0.15) is 0 Å². The molecule has 0 aliphatic carbocycles. The lowest BCUT2D eigenvalue weighted by atomic mass is 10.1. The summed E-state index contributed by atoms with van der Waals surface area (Å²) in [6, 6.07) is -0.0318. The highest BCUT2D eigenvalue weighted by atomic mass is 16.2. The highest BCUT2D eigenvalue weighted by Gasteiger charge is 2.20. The molecule has 0 radical (unpaired) electrons. The van der Waals surface area contributed by atoms with Gasteiger partial charge in [-0.05, 0) is 6.42 Å². The van der Waals surface area contributed by atoms with Gasteiger partial charge in [-0.25, -0.2) is 0 Å². The Morgan fingerprint density at radius 1 is 1.82 bits per heavy atom. The molecule has 0 aromatic rings. The fourth-order valence-electron chi connectivity index (χ4n) is 0.884. The first-order valence-electron chi connectivity index (χ1n) is 4.00. The van der Waals surface area contributed by atoms with E-state index in [1.54, 1.807) is 0 Å². The van der Waals surface area contributed by atoms with Crippen LogP contribution in [0.2, 0.25) is 0 Å². The van der Waals surface area contributed by atoms with Crippen molar-refractivity contribution in [2.24, 2.45) is 5.73 Å². The molecule has 1 aliphatic heterocycles. The highest BCUT2D eigenvalue weighted by molar-refractivity contribution is 5.81. The van der Waals surface area contributed by atoms with Gasteiger partial charge >= 0.3 is 0 Å². The van der Waals surface area contributed by atoms with Crippen molar-refractivity contribution >= 4 is 5.91 Å². The number of hydrogen-bond donors (Lipinski definition) is 3. The van der Waals surface area contributed by atoms with Gasteiger partial charge in [0.2, 0.25) is 5.91 Å². The summed E-state index contributed by atoms with van der Waals surface area (Å²) in [6.45, 7) is 3.66. The van der Waals surface area contributed by atoms with Crippen molar-refractivity contribution in [2.75, 3.05) is 13.1 Å². The van der Waals surface area contributed by atoms with Gasteiger partial charge in [0.25, 0.3) is 0 Å². The standard InChI is InChI=1S/C7H15N3O/c1-2-6(8)7(11)10-5-3-9-4-5/h5-6,9H,2-4,8H2,1H3,(H,10,11)/t6-/m0/s1. The molecule has 4 nitrogen and oxygen atoms in total. The van der Waals surface area contributed by atoms with E-state index in [-0.39, 0.29) is 11.9 Å². The van der Waals surface area contributed by atoms with Crippen LogP contribution in [0.4, 0.5) is 0 Å². The van der Waals surface area contributed by atoms with Gasteiger partial charge in [0.15, 0.2) is 0 Å². The Labute approximate surface area is 66.5 Å². The molecular weight excluding hydrogens is 142 g/mol. The fourth-order valence-corrected chi connectivity index (χ4v) is 0.884. The van der Waals surface area contributed by atoms with Crippen molar-refractivity contribution in [3.63, 3.8) is 0 Å². The molecule has 4 N–H and O–H groups in total. The average molecular weight is 157 g/mol. The van der Waals surface area contributed by atoms with Crippen LogP contribution < -0.4 is 16.4 Å². The fraction of sp³-hybridized carbons (Fsp3) is 0.857. The van der Waals surface area contributed by atoms with Crippen LogP contribution in [-0.2, 0) is 4.79 Å². The number of nitrogens with two attached hydrogens (primary N) is 1. The number of hydrogen-bond acceptors (Lipinski definition) is 3. The minimum Gasteiger partial charge on any atom is -0.349 e. The number of carbonyl (C=O) groups is 1. The minimum absolute atomic E-state index is 0.0287. The molecule has 0 bridgehead atoms. The van der Waals surface area contributed by atoms with Crippen molar-refractivity contribution in [1.29, 1.82) is 0 Å². The monoisotopic (exact) mass is 157 g/mol. The van der Waals surface area contributed by atoms with Crippen LogP contribution in [0.15, 0.2) is 0 Å². The predicted octanol–water partition coefficient (Wildman–Crippen LogP) is -1.19. The van der Waals surface area contributed by atoms with Gasteiger partial charge in [0.05, 0.1) is 12.1 Å². The van der Waals surface area contributed by atoms with E-state index >= 15 is 0 Å². The van der Waals surface area contributed by atoms with Crippen LogP contribution in [0.5, 0.6) is 0 Å². The third-order valence-corrected chi connectivity index (χ3v) is 1.90. The van der Waals surface area contributed by atoms with Gasteiger partial charge in [0, 0.05) is 13.1 Å². The largest absolute Gasteiger partial charge is 0.349 e. The van der Waals surface area contributed by atoms with Crippen molar-refractivity contribution in [3.05, 3.63) is 0 Å². The maximum Gasteiger partial charge on any atom is 0.237 e. The number of amides is 1.